The summed E-state index contributed by atoms with van der Waals surface area (Å²) in [4.78, 5) is 0. The van der Waals surface area contributed by atoms with E-state index in [1.807, 2.05) is 48.5 Å². The van der Waals surface area contributed by atoms with E-state index in [4.69, 9.17) is 11.0 Å². The average Bonchev–Trinajstić information content (AvgIpc) is 2.46. The van der Waals surface area contributed by atoms with E-state index >= 15 is 0 Å². The van der Waals surface area contributed by atoms with Crippen LogP contribution >= 0.6 is 0 Å². The minimum atomic E-state index is -0.0852. The maximum absolute atomic E-state index is 8.98. The lowest BCUT2D eigenvalue weighted by Crippen LogP contribution is -2.20. The molecular formula is C15H15N3. The Morgan fingerprint density at radius 3 is 2.44 bits per heavy atom. The monoisotopic (exact) mass is 237 g/mol. The third kappa shape index (κ3) is 2.88. The molecule has 0 aliphatic rings. The van der Waals surface area contributed by atoms with Crippen molar-refractivity contribution in [3.8, 4) is 6.07 Å². The molecule has 0 spiro atoms. The fraction of sp³-hybridized carbons (Fsp3) is 0.133. The Morgan fingerprint density at radius 2 is 1.72 bits per heavy atom. The number of benzene rings is 2. The average molecular weight is 237 g/mol. The maximum Gasteiger partial charge on any atom is 0.101 e. The van der Waals surface area contributed by atoms with Gasteiger partial charge >= 0.3 is 0 Å². The molecule has 0 saturated heterocycles. The Bertz CT molecular complexity index is 543. The summed E-state index contributed by atoms with van der Waals surface area (Å²) in [6.45, 7) is 0.600. The summed E-state index contributed by atoms with van der Waals surface area (Å²) in [6, 6.07) is 19.4. The molecule has 0 amide bonds. The first kappa shape index (κ1) is 12.2. The van der Waals surface area contributed by atoms with Crippen molar-refractivity contribution in [1.82, 2.24) is 0 Å². The van der Waals surface area contributed by atoms with Crippen LogP contribution in [0.1, 0.15) is 17.2 Å². The predicted molar refractivity (Wildman–Crippen MR) is 73.0 cm³/mol. The number of nitriles is 1. The molecule has 1 atom stereocenters. The van der Waals surface area contributed by atoms with Gasteiger partial charge in [0.1, 0.15) is 6.07 Å². The van der Waals surface area contributed by atoms with Crippen LogP contribution in [0.3, 0.4) is 0 Å². The predicted octanol–water partition coefficient (Wildman–Crippen LogP) is 2.67. The standard InChI is InChI=1S/C15H15N3/c16-10-13-8-4-5-9-15(13)18-11-14(17)12-6-2-1-3-7-12/h1-9,14,18H,11,17H2. The Morgan fingerprint density at radius 1 is 1.06 bits per heavy atom. The van der Waals surface area contributed by atoms with Crippen LogP contribution in [0.4, 0.5) is 5.69 Å². The van der Waals surface area contributed by atoms with E-state index in [2.05, 4.69) is 11.4 Å². The molecule has 1 unspecified atom stereocenters. The molecule has 18 heavy (non-hydrogen) atoms. The van der Waals surface area contributed by atoms with Gasteiger partial charge < -0.3 is 11.1 Å². The first-order chi connectivity index (χ1) is 8.81. The van der Waals surface area contributed by atoms with Crippen molar-refractivity contribution in [3.05, 3.63) is 65.7 Å². The third-order valence-corrected chi connectivity index (χ3v) is 2.79. The van der Waals surface area contributed by atoms with E-state index in [1.54, 1.807) is 6.07 Å². The number of hydrogen-bond acceptors (Lipinski definition) is 3. The number of nitrogens with one attached hydrogen (secondary N) is 1. The highest BCUT2D eigenvalue weighted by molar-refractivity contribution is 5.57. The van der Waals surface area contributed by atoms with Gasteiger partial charge in [-0.15, -0.1) is 0 Å². The van der Waals surface area contributed by atoms with Gasteiger partial charge in [0.2, 0.25) is 0 Å². The molecule has 0 saturated carbocycles. The lowest BCUT2D eigenvalue weighted by molar-refractivity contribution is 0.764. The van der Waals surface area contributed by atoms with Crippen molar-refractivity contribution in [1.29, 1.82) is 5.26 Å². The van der Waals surface area contributed by atoms with Crippen molar-refractivity contribution in [3.63, 3.8) is 0 Å². The van der Waals surface area contributed by atoms with Gasteiger partial charge in [-0.25, -0.2) is 0 Å². The Labute approximate surface area is 107 Å². The van der Waals surface area contributed by atoms with E-state index in [-0.39, 0.29) is 6.04 Å². The molecule has 90 valence electrons. The van der Waals surface area contributed by atoms with Gasteiger partial charge in [0.25, 0.3) is 0 Å². The molecule has 0 aliphatic carbocycles. The van der Waals surface area contributed by atoms with Crippen molar-refractivity contribution in [2.75, 3.05) is 11.9 Å². The molecule has 3 N–H and O–H groups in total. The number of anilines is 1. The number of para-hydroxylation sites is 1. The summed E-state index contributed by atoms with van der Waals surface area (Å²) in [5, 5.41) is 12.2. The van der Waals surface area contributed by atoms with E-state index in [9.17, 15) is 0 Å². The van der Waals surface area contributed by atoms with Crippen LogP contribution in [0, 0.1) is 11.3 Å². The van der Waals surface area contributed by atoms with Crippen LogP contribution in [-0.2, 0) is 0 Å². The Hall–Kier alpha value is -2.31. The van der Waals surface area contributed by atoms with Gasteiger partial charge in [-0.1, -0.05) is 42.5 Å². The summed E-state index contributed by atoms with van der Waals surface area (Å²) in [7, 11) is 0. The zero-order valence-corrected chi connectivity index (χ0v) is 10.0. The second-order valence-corrected chi connectivity index (χ2v) is 4.06. The summed E-state index contributed by atoms with van der Waals surface area (Å²) >= 11 is 0. The second-order valence-electron chi connectivity index (χ2n) is 4.06. The minimum absolute atomic E-state index is 0.0852. The molecule has 2 aromatic rings. The number of rotatable bonds is 4. The number of nitrogens with zero attached hydrogens (tertiary/aromatic N) is 1. The van der Waals surface area contributed by atoms with E-state index < -0.39 is 0 Å². The molecule has 0 aromatic heterocycles. The Balaban J connectivity index is 2.02. The molecule has 2 aromatic carbocycles. The van der Waals surface area contributed by atoms with Crippen molar-refractivity contribution in [2.45, 2.75) is 6.04 Å². The van der Waals surface area contributed by atoms with E-state index in [1.165, 1.54) is 0 Å². The van der Waals surface area contributed by atoms with Crippen LogP contribution in [0.25, 0.3) is 0 Å². The lowest BCUT2D eigenvalue weighted by atomic mass is 10.1. The fourth-order valence-electron chi connectivity index (χ4n) is 1.77. The van der Waals surface area contributed by atoms with E-state index in [0.717, 1.165) is 11.3 Å². The second kappa shape index (κ2) is 5.85. The number of hydrogen-bond donors (Lipinski definition) is 2. The first-order valence-corrected chi connectivity index (χ1v) is 5.85. The van der Waals surface area contributed by atoms with Crippen molar-refractivity contribution in [2.24, 2.45) is 5.73 Å². The summed E-state index contributed by atoms with van der Waals surface area (Å²) in [5.74, 6) is 0. The van der Waals surface area contributed by atoms with Gasteiger partial charge in [0.05, 0.1) is 11.3 Å². The maximum atomic E-state index is 8.98. The topological polar surface area (TPSA) is 61.8 Å². The van der Waals surface area contributed by atoms with E-state index in [0.29, 0.717) is 12.1 Å². The summed E-state index contributed by atoms with van der Waals surface area (Å²) in [6.07, 6.45) is 0. The lowest BCUT2D eigenvalue weighted by Gasteiger charge is -2.14. The van der Waals surface area contributed by atoms with Crippen LogP contribution < -0.4 is 11.1 Å². The highest BCUT2D eigenvalue weighted by atomic mass is 14.9. The van der Waals surface area contributed by atoms with Gasteiger partial charge in [-0.2, -0.15) is 5.26 Å². The molecule has 0 aliphatic heterocycles. The zero-order valence-electron chi connectivity index (χ0n) is 10.0. The Kier molecular flexibility index (Phi) is 3.95. The highest BCUT2D eigenvalue weighted by Crippen LogP contribution is 2.16. The quantitative estimate of drug-likeness (QED) is 0.859. The molecular weight excluding hydrogens is 222 g/mol. The van der Waals surface area contributed by atoms with Gasteiger partial charge in [-0.3, -0.25) is 0 Å². The molecule has 3 heteroatoms. The number of nitrogens with two attached hydrogens (primary N) is 1. The summed E-state index contributed by atoms with van der Waals surface area (Å²) < 4.78 is 0. The first-order valence-electron chi connectivity index (χ1n) is 5.85. The largest absolute Gasteiger partial charge is 0.382 e. The minimum Gasteiger partial charge on any atom is -0.382 e. The van der Waals surface area contributed by atoms with Gasteiger partial charge in [-0.05, 0) is 17.7 Å². The molecule has 0 radical (unpaired) electrons. The molecule has 0 fully saturated rings. The van der Waals surface area contributed by atoms with Crippen molar-refractivity contribution >= 4 is 5.69 Å². The third-order valence-electron chi connectivity index (χ3n) is 2.79. The van der Waals surface area contributed by atoms with Crippen LogP contribution in [0.15, 0.2) is 54.6 Å². The van der Waals surface area contributed by atoms with Crippen LogP contribution in [0.2, 0.25) is 0 Å². The van der Waals surface area contributed by atoms with Crippen LogP contribution in [0.5, 0.6) is 0 Å². The molecule has 0 heterocycles. The fourth-order valence-corrected chi connectivity index (χ4v) is 1.77. The molecule has 3 nitrogen and oxygen atoms in total. The van der Waals surface area contributed by atoms with Crippen molar-refractivity contribution < 1.29 is 0 Å². The van der Waals surface area contributed by atoms with Gasteiger partial charge in [0.15, 0.2) is 0 Å². The normalized spacial score (nSPS) is 11.6. The molecule has 0 bridgehead atoms. The highest BCUT2D eigenvalue weighted by Gasteiger charge is 2.06. The van der Waals surface area contributed by atoms with Crippen LogP contribution in [-0.4, -0.2) is 6.54 Å². The SMILES string of the molecule is N#Cc1ccccc1NCC(N)c1ccccc1. The molecule has 2 rings (SSSR count). The smallest absolute Gasteiger partial charge is 0.101 e. The van der Waals surface area contributed by atoms with Gasteiger partial charge in [0, 0.05) is 12.6 Å². The zero-order chi connectivity index (χ0) is 12.8. The summed E-state index contributed by atoms with van der Waals surface area (Å²) in [5.41, 5.74) is 8.63.